The number of anilines is 1. The minimum absolute atomic E-state index is 0. The summed E-state index contributed by atoms with van der Waals surface area (Å²) in [6, 6.07) is 5.18. The molecule has 1 saturated carbocycles. The Morgan fingerprint density at radius 2 is 1.86 bits per heavy atom. The average Bonchev–Trinajstić information content (AvgIpc) is 2.49. The van der Waals surface area contributed by atoms with E-state index in [-0.39, 0.29) is 18.3 Å². The molecule has 0 bridgehead atoms. The lowest BCUT2D eigenvalue weighted by atomic mass is 9.82. The van der Waals surface area contributed by atoms with Crippen molar-refractivity contribution < 1.29 is 14.3 Å². The van der Waals surface area contributed by atoms with Gasteiger partial charge < -0.3 is 15.8 Å². The summed E-state index contributed by atoms with van der Waals surface area (Å²) >= 11 is 0. The zero-order valence-corrected chi connectivity index (χ0v) is 13.8. The monoisotopic (exact) mass is 326 g/mol. The summed E-state index contributed by atoms with van der Waals surface area (Å²) in [4.78, 5) is 24.0. The van der Waals surface area contributed by atoms with Gasteiger partial charge in [0.05, 0.1) is 18.2 Å². The second kappa shape index (κ2) is 7.61. The number of hydrogen-bond donors (Lipinski definition) is 2. The second-order valence-corrected chi connectivity index (χ2v) is 5.69. The van der Waals surface area contributed by atoms with E-state index in [1.165, 1.54) is 7.11 Å². The maximum absolute atomic E-state index is 12.4. The number of aryl methyl sites for hydroxylation is 1. The Balaban J connectivity index is 0.00000242. The predicted octanol–water partition coefficient (Wildman–Crippen LogP) is 2.80. The highest BCUT2D eigenvalue weighted by molar-refractivity contribution is 5.99. The summed E-state index contributed by atoms with van der Waals surface area (Å²) in [5.41, 5.74) is 7.23. The highest BCUT2D eigenvalue weighted by Crippen LogP contribution is 2.27. The van der Waals surface area contributed by atoms with Gasteiger partial charge >= 0.3 is 5.97 Å². The van der Waals surface area contributed by atoms with E-state index in [1.54, 1.807) is 18.2 Å². The fourth-order valence-corrected chi connectivity index (χ4v) is 2.69. The van der Waals surface area contributed by atoms with Crippen LogP contribution < -0.4 is 11.1 Å². The maximum atomic E-state index is 12.4. The minimum atomic E-state index is -0.797. The van der Waals surface area contributed by atoms with Crippen molar-refractivity contribution in [2.75, 3.05) is 12.4 Å². The third kappa shape index (κ3) is 3.99. The third-order valence-electron chi connectivity index (χ3n) is 4.10. The van der Waals surface area contributed by atoms with Crippen molar-refractivity contribution in [3.8, 4) is 0 Å². The smallest absolute Gasteiger partial charge is 0.338 e. The van der Waals surface area contributed by atoms with Crippen molar-refractivity contribution in [3.63, 3.8) is 0 Å². The summed E-state index contributed by atoms with van der Waals surface area (Å²) in [7, 11) is 1.34. The molecule has 5 nitrogen and oxygen atoms in total. The fraction of sp³-hybridized carbons (Fsp3) is 0.500. The molecule has 0 spiro atoms. The zero-order chi connectivity index (χ0) is 15.5. The Kier molecular flexibility index (Phi) is 6.38. The number of ether oxygens (including phenoxy) is 1. The van der Waals surface area contributed by atoms with Crippen LogP contribution in [0.25, 0.3) is 0 Å². The number of carbonyl (C=O) groups is 2. The number of benzene rings is 1. The van der Waals surface area contributed by atoms with Gasteiger partial charge in [-0.15, -0.1) is 12.4 Å². The number of rotatable bonds is 3. The highest BCUT2D eigenvalue weighted by atomic mass is 35.5. The van der Waals surface area contributed by atoms with E-state index in [0.29, 0.717) is 24.1 Å². The first-order valence-corrected chi connectivity index (χ1v) is 7.25. The third-order valence-corrected chi connectivity index (χ3v) is 4.10. The van der Waals surface area contributed by atoms with Gasteiger partial charge in [-0.05, 0) is 37.5 Å². The van der Waals surface area contributed by atoms with E-state index in [4.69, 9.17) is 10.5 Å². The van der Waals surface area contributed by atoms with Crippen LogP contribution in [-0.2, 0) is 9.53 Å². The molecule has 1 aliphatic rings. The molecule has 0 aliphatic heterocycles. The molecule has 0 aromatic heterocycles. The van der Waals surface area contributed by atoms with E-state index < -0.39 is 11.5 Å². The van der Waals surface area contributed by atoms with Crippen molar-refractivity contribution in [1.29, 1.82) is 0 Å². The molecule has 2 rings (SSSR count). The summed E-state index contributed by atoms with van der Waals surface area (Å²) in [5, 5.41) is 2.83. The lowest BCUT2D eigenvalue weighted by Crippen LogP contribution is -2.52. The molecular weight excluding hydrogens is 304 g/mol. The number of carbonyl (C=O) groups excluding carboxylic acids is 2. The molecule has 0 unspecified atom stereocenters. The van der Waals surface area contributed by atoms with E-state index in [1.807, 2.05) is 6.92 Å². The normalized spacial score (nSPS) is 16.3. The summed E-state index contributed by atoms with van der Waals surface area (Å²) in [5.74, 6) is -0.592. The first-order chi connectivity index (χ1) is 9.96. The molecule has 122 valence electrons. The van der Waals surface area contributed by atoms with Crippen LogP contribution in [-0.4, -0.2) is 24.5 Å². The largest absolute Gasteiger partial charge is 0.465 e. The second-order valence-electron chi connectivity index (χ2n) is 5.69. The van der Waals surface area contributed by atoms with Crippen LogP contribution in [0, 0.1) is 6.92 Å². The van der Waals surface area contributed by atoms with Crippen molar-refractivity contribution in [3.05, 3.63) is 29.3 Å². The molecule has 0 radical (unpaired) electrons. The van der Waals surface area contributed by atoms with Crippen LogP contribution in [0.15, 0.2) is 18.2 Å². The van der Waals surface area contributed by atoms with E-state index >= 15 is 0 Å². The van der Waals surface area contributed by atoms with Gasteiger partial charge in [-0.2, -0.15) is 0 Å². The number of amides is 1. The van der Waals surface area contributed by atoms with Crippen LogP contribution in [0.4, 0.5) is 5.69 Å². The van der Waals surface area contributed by atoms with Gasteiger partial charge in [0.25, 0.3) is 0 Å². The standard InChI is InChI=1S/C16H22N2O3.ClH/c1-11-6-7-12(10-13(11)14(19)21-2)18-15(20)16(17)8-4-3-5-9-16;/h6-7,10H,3-5,8-9,17H2,1-2H3,(H,18,20);1H. The SMILES string of the molecule is COC(=O)c1cc(NC(=O)C2(N)CCCCC2)ccc1C.Cl. The molecule has 0 heterocycles. The fourth-order valence-electron chi connectivity index (χ4n) is 2.69. The lowest BCUT2D eigenvalue weighted by Gasteiger charge is -2.31. The van der Waals surface area contributed by atoms with E-state index in [9.17, 15) is 9.59 Å². The molecule has 1 fully saturated rings. The van der Waals surface area contributed by atoms with Crippen molar-refractivity contribution in [2.45, 2.75) is 44.6 Å². The van der Waals surface area contributed by atoms with Crippen molar-refractivity contribution in [1.82, 2.24) is 0 Å². The van der Waals surface area contributed by atoms with Gasteiger partial charge in [0.15, 0.2) is 0 Å². The maximum Gasteiger partial charge on any atom is 0.338 e. The van der Waals surface area contributed by atoms with Crippen LogP contribution in [0.3, 0.4) is 0 Å². The quantitative estimate of drug-likeness (QED) is 0.837. The molecule has 1 amide bonds. The molecule has 0 atom stereocenters. The Morgan fingerprint density at radius 1 is 1.23 bits per heavy atom. The van der Waals surface area contributed by atoms with Gasteiger partial charge in [0.1, 0.15) is 0 Å². The molecular formula is C16H23ClN2O3. The minimum Gasteiger partial charge on any atom is -0.465 e. The van der Waals surface area contributed by atoms with Crippen molar-refractivity contribution >= 4 is 30.0 Å². The van der Waals surface area contributed by atoms with Gasteiger partial charge in [-0.25, -0.2) is 4.79 Å². The van der Waals surface area contributed by atoms with Crippen LogP contribution in [0.5, 0.6) is 0 Å². The highest BCUT2D eigenvalue weighted by Gasteiger charge is 2.35. The number of halogens is 1. The first kappa shape index (κ1) is 18.5. The molecule has 22 heavy (non-hydrogen) atoms. The lowest BCUT2D eigenvalue weighted by molar-refractivity contribution is -0.122. The van der Waals surface area contributed by atoms with E-state index in [0.717, 1.165) is 24.8 Å². The average molecular weight is 327 g/mol. The number of methoxy groups -OCH3 is 1. The Labute approximate surface area is 137 Å². The number of nitrogens with one attached hydrogen (secondary N) is 1. The number of nitrogens with two attached hydrogens (primary N) is 1. The summed E-state index contributed by atoms with van der Waals surface area (Å²) < 4.78 is 4.74. The van der Waals surface area contributed by atoms with Gasteiger partial charge in [-0.3, -0.25) is 4.79 Å². The molecule has 1 aromatic rings. The Bertz CT molecular complexity index is 554. The van der Waals surface area contributed by atoms with E-state index in [2.05, 4.69) is 5.32 Å². The molecule has 1 aliphatic carbocycles. The summed E-state index contributed by atoms with van der Waals surface area (Å²) in [6.07, 6.45) is 4.49. The molecule has 0 saturated heterocycles. The van der Waals surface area contributed by atoms with Crippen LogP contribution in [0.1, 0.15) is 48.0 Å². The number of esters is 1. The van der Waals surface area contributed by atoms with Crippen LogP contribution in [0.2, 0.25) is 0 Å². The predicted molar refractivity (Wildman–Crippen MR) is 88.4 cm³/mol. The summed E-state index contributed by atoms with van der Waals surface area (Å²) in [6.45, 7) is 1.82. The molecule has 3 N–H and O–H groups in total. The van der Waals surface area contributed by atoms with Gasteiger partial charge in [0, 0.05) is 5.69 Å². The Hall–Kier alpha value is -1.59. The Morgan fingerprint density at radius 3 is 2.45 bits per heavy atom. The van der Waals surface area contributed by atoms with Crippen LogP contribution >= 0.6 is 12.4 Å². The molecule has 1 aromatic carbocycles. The topological polar surface area (TPSA) is 81.4 Å². The molecule has 6 heteroatoms. The number of hydrogen-bond acceptors (Lipinski definition) is 4. The van der Waals surface area contributed by atoms with Gasteiger partial charge in [-0.1, -0.05) is 25.3 Å². The van der Waals surface area contributed by atoms with Gasteiger partial charge in [0.2, 0.25) is 5.91 Å². The first-order valence-electron chi connectivity index (χ1n) is 7.25. The van der Waals surface area contributed by atoms with Crippen molar-refractivity contribution in [2.24, 2.45) is 5.73 Å². The zero-order valence-electron chi connectivity index (χ0n) is 13.0.